The Kier molecular flexibility index (Phi) is 4.93. The van der Waals surface area contributed by atoms with Gasteiger partial charge in [0.05, 0.1) is 18.2 Å². The van der Waals surface area contributed by atoms with Gasteiger partial charge in [-0.2, -0.15) is 5.26 Å². The maximum absolute atomic E-state index is 14.0. The number of halogens is 1. The number of imidazole rings is 1. The molecular weight excluding hydrogens is 305 g/mol. The third-order valence-electron chi connectivity index (χ3n) is 4.68. The number of nitriles is 1. The average molecular weight is 327 g/mol. The van der Waals surface area contributed by atoms with Crippen LogP contribution in [0, 0.1) is 17.1 Å². The third-order valence-corrected chi connectivity index (χ3v) is 4.68. The molecule has 1 aliphatic rings. The molecule has 1 aliphatic heterocycles. The number of hydrogen-bond donors (Lipinski definition) is 0. The highest BCUT2D eigenvalue weighted by Gasteiger charge is 2.25. The molecule has 1 aromatic heterocycles. The Bertz CT molecular complexity index is 748. The van der Waals surface area contributed by atoms with E-state index in [2.05, 4.69) is 27.8 Å². The number of benzene rings is 1. The summed E-state index contributed by atoms with van der Waals surface area (Å²) in [7, 11) is 2.01. The van der Waals surface area contributed by atoms with Crippen molar-refractivity contribution in [3.63, 3.8) is 0 Å². The zero-order chi connectivity index (χ0) is 17.1. The van der Waals surface area contributed by atoms with Crippen molar-refractivity contribution < 1.29 is 4.39 Å². The van der Waals surface area contributed by atoms with Crippen molar-refractivity contribution in [2.75, 3.05) is 19.6 Å². The second kappa shape index (κ2) is 7.12. The number of piperazine rings is 1. The molecule has 1 saturated heterocycles. The van der Waals surface area contributed by atoms with Gasteiger partial charge in [0, 0.05) is 57.2 Å². The topological polar surface area (TPSA) is 48.1 Å². The van der Waals surface area contributed by atoms with Gasteiger partial charge < -0.3 is 4.57 Å². The molecule has 5 nitrogen and oxygen atoms in total. The van der Waals surface area contributed by atoms with Crippen LogP contribution in [0.15, 0.2) is 30.6 Å². The fraction of sp³-hybridized carbons (Fsp3) is 0.444. The fourth-order valence-corrected chi connectivity index (χ4v) is 3.19. The molecule has 6 heteroatoms. The summed E-state index contributed by atoms with van der Waals surface area (Å²) in [5.74, 6) is 0.820. The van der Waals surface area contributed by atoms with E-state index in [4.69, 9.17) is 5.26 Å². The minimum absolute atomic E-state index is 0.239. The maximum atomic E-state index is 14.0. The van der Waals surface area contributed by atoms with Crippen LogP contribution >= 0.6 is 0 Å². The molecule has 1 atom stereocenters. The number of hydrogen-bond acceptors (Lipinski definition) is 4. The highest BCUT2D eigenvalue weighted by Crippen LogP contribution is 2.18. The quantitative estimate of drug-likeness (QED) is 0.863. The van der Waals surface area contributed by atoms with E-state index in [9.17, 15) is 4.39 Å². The largest absolute Gasteiger partial charge is 0.337 e. The van der Waals surface area contributed by atoms with Crippen molar-refractivity contribution in [1.29, 1.82) is 5.26 Å². The highest BCUT2D eigenvalue weighted by atomic mass is 19.1. The van der Waals surface area contributed by atoms with Gasteiger partial charge in [-0.05, 0) is 25.1 Å². The summed E-state index contributed by atoms with van der Waals surface area (Å²) < 4.78 is 16.0. The van der Waals surface area contributed by atoms with Gasteiger partial charge in [-0.1, -0.05) is 0 Å². The molecule has 1 fully saturated rings. The lowest BCUT2D eigenvalue weighted by atomic mass is 10.1. The molecule has 0 spiro atoms. The average Bonchev–Trinajstić information content (AvgIpc) is 2.97. The molecule has 0 saturated carbocycles. The van der Waals surface area contributed by atoms with Crippen molar-refractivity contribution >= 4 is 0 Å². The first-order chi connectivity index (χ1) is 11.6. The molecule has 24 heavy (non-hydrogen) atoms. The first-order valence-electron chi connectivity index (χ1n) is 8.18. The fourth-order valence-electron chi connectivity index (χ4n) is 3.19. The lowest BCUT2D eigenvalue weighted by Crippen LogP contribution is -2.51. The van der Waals surface area contributed by atoms with Crippen molar-refractivity contribution in [3.8, 4) is 6.07 Å². The molecule has 0 unspecified atom stereocenters. The van der Waals surface area contributed by atoms with E-state index >= 15 is 0 Å². The number of aryl methyl sites for hydroxylation is 1. The monoisotopic (exact) mass is 327 g/mol. The number of rotatable bonds is 4. The first kappa shape index (κ1) is 16.6. The van der Waals surface area contributed by atoms with Crippen molar-refractivity contribution in [2.45, 2.75) is 26.1 Å². The van der Waals surface area contributed by atoms with E-state index in [1.165, 1.54) is 12.1 Å². The SMILES string of the molecule is C[C@H]1CN(Cc2cc(C#N)ccc2F)CCN1Cc1nccn1C. The second-order valence-corrected chi connectivity index (χ2v) is 6.43. The van der Waals surface area contributed by atoms with Gasteiger partial charge in [0.2, 0.25) is 0 Å². The second-order valence-electron chi connectivity index (χ2n) is 6.43. The lowest BCUT2D eigenvalue weighted by Gasteiger charge is -2.39. The van der Waals surface area contributed by atoms with Gasteiger partial charge in [0.15, 0.2) is 0 Å². The van der Waals surface area contributed by atoms with Gasteiger partial charge in [0.25, 0.3) is 0 Å². The maximum Gasteiger partial charge on any atom is 0.127 e. The highest BCUT2D eigenvalue weighted by molar-refractivity contribution is 5.33. The summed E-state index contributed by atoms with van der Waals surface area (Å²) in [4.78, 5) is 9.04. The Morgan fingerprint density at radius 3 is 2.83 bits per heavy atom. The minimum Gasteiger partial charge on any atom is -0.337 e. The van der Waals surface area contributed by atoms with Gasteiger partial charge >= 0.3 is 0 Å². The first-order valence-corrected chi connectivity index (χ1v) is 8.18. The molecule has 0 bridgehead atoms. The molecule has 2 heterocycles. The van der Waals surface area contributed by atoms with Crippen LogP contribution in [0.5, 0.6) is 0 Å². The van der Waals surface area contributed by atoms with Gasteiger partial charge in [-0.25, -0.2) is 9.37 Å². The Morgan fingerprint density at radius 2 is 2.17 bits per heavy atom. The molecule has 1 aromatic carbocycles. The molecular formula is C18H22FN5. The van der Waals surface area contributed by atoms with Crippen molar-refractivity contribution in [1.82, 2.24) is 19.4 Å². The standard InChI is InChI=1S/C18H22FN5/c1-14-11-23(12-16-9-15(10-20)3-4-17(16)19)7-8-24(14)13-18-21-5-6-22(18)2/h3-6,9,14H,7-8,11-13H2,1-2H3/t14-/m0/s1. The molecule has 0 amide bonds. The lowest BCUT2D eigenvalue weighted by molar-refractivity contribution is 0.0701. The van der Waals surface area contributed by atoms with Crippen LogP contribution in [0.4, 0.5) is 4.39 Å². The Labute approximate surface area is 141 Å². The zero-order valence-electron chi connectivity index (χ0n) is 14.1. The Morgan fingerprint density at radius 1 is 1.33 bits per heavy atom. The molecule has 0 radical (unpaired) electrons. The van der Waals surface area contributed by atoms with Gasteiger partial charge in [0.1, 0.15) is 11.6 Å². The summed E-state index contributed by atoms with van der Waals surface area (Å²) in [6.45, 7) is 6.25. The van der Waals surface area contributed by atoms with E-state index in [1.807, 2.05) is 24.0 Å². The van der Waals surface area contributed by atoms with E-state index in [-0.39, 0.29) is 5.82 Å². The Hall–Kier alpha value is -2.23. The summed E-state index contributed by atoms with van der Waals surface area (Å²) in [5, 5.41) is 8.98. The molecule has 3 rings (SSSR count). The van der Waals surface area contributed by atoms with Crippen LogP contribution in [-0.4, -0.2) is 45.0 Å². The molecule has 126 valence electrons. The van der Waals surface area contributed by atoms with Gasteiger partial charge in [-0.3, -0.25) is 9.80 Å². The normalized spacial score (nSPS) is 19.3. The predicted molar refractivity (Wildman–Crippen MR) is 89.5 cm³/mol. The summed E-state index contributed by atoms with van der Waals surface area (Å²) in [6, 6.07) is 7.00. The molecule has 0 aliphatic carbocycles. The Balaban J connectivity index is 1.61. The summed E-state index contributed by atoms with van der Waals surface area (Å²) in [6.07, 6.45) is 3.78. The van der Waals surface area contributed by atoms with Crippen LogP contribution in [0.2, 0.25) is 0 Å². The van der Waals surface area contributed by atoms with E-state index < -0.39 is 0 Å². The van der Waals surface area contributed by atoms with Crippen LogP contribution in [0.25, 0.3) is 0 Å². The van der Waals surface area contributed by atoms with Crippen molar-refractivity contribution in [2.24, 2.45) is 7.05 Å². The van der Waals surface area contributed by atoms with E-state index in [0.29, 0.717) is 23.7 Å². The predicted octanol–water partition coefficient (Wildman–Crippen LogP) is 2.14. The van der Waals surface area contributed by atoms with Crippen molar-refractivity contribution in [3.05, 3.63) is 53.4 Å². The third kappa shape index (κ3) is 3.64. The summed E-state index contributed by atoms with van der Waals surface area (Å²) >= 11 is 0. The molecule has 0 N–H and O–H groups in total. The van der Waals surface area contributed by atoms with Crippen LogP contribution < -0.4 is 0 Å². The number of aromatic nitrogens is 2. The minimum atomic E-state index is -0.239. The summed E-state index contributed by atoms with van der Waals surface area (Å²) in [5.41, 5.74) is 1.10. The van der Waals surface area contributed by atoms with Gasteiger partial charge in [-0.15, -0.1) is 0 Å². The smallest absolute Gasteiger partial charge is 0.127 e. The van der Waals surface area contributed by atoms with Crippen LogP contribution in [0.1, 0.15) is 23.9 Å². The van der Waals surface area contributed by atoms with E-state index in [0.717, 1.165) is 32.0 Å². The van der Waals surface area contributed by atoms with E-state index in [1.54, 1.807) is 6.07 Å². The number of nitrogens with zero attached hydrogens (tertiary/aromatic N) is 5. The zero-order valence-corrected chi connectivity index (χ0v) is 14.1. The van der Waals surface area contributed by atoms with Crippen LogP contribution in [0.3, 0.4) is 0 Å². The molecule has 2 aromatic rings. The van der Waals surface area contributed by atoms with Crippen LogP contribution in [-0.2, 0) is 20.1 Å².